The quantitative estimate of drug-likeness (QED) is 0.683. The molecule has 1 amide bonds. The van der Waals surface area contributed by atoms with Gasteiger partial charge >= 0.3 is 0 Å². The Hall–Kier alpha value is -0.650. The molecule has 1 atom stereocenters. The fraction of sp³-hybridized carbons (Fsp3) is 0.923. The van der Waals surface area contributed by atoms with Gasteiger partial charge in [-0.3, -0.25) is 4.79 Å². The Labute approximate surface area is 110 Å². The lowest BCUT2D eigenvalue weighted by Crippen LogP contribution is -2.44. The lowest BCUT2D eigenvalue weighted by atomic mass is 9.99. The lowest BCUT2D eigenvalue weighted by Gasteiger charge is -2.32. The van der Waals surface area contributed by atoms with E-state index in [2.05, 4.69) is 17.3 Å². The highest BCUT2D eigenvalue weighted by Crippen LogP contribution is 2.17. The monoisotopic (exact) mass is 257 g/mol. The zero-order valence-corrected chi connectivity index (χ0v) is 11.7. The molecule has 18 heavy (non-hydrogen) atoms. The Morgan fingerprint density at radius 1 is 1.50 bits per heavy atom. The summed E-state index contributed by atoms with van der Waals surface area (Å²) in [5.74, 6) is 0.763. The van der Waals surface area contributed by atoms with Crippen LogP contribution in [0.4, 0.5) is 0 Å². The molecule has 5 nitrogen and oxygen atoms in total. The average molecular weight is 257 g/mol. The molecular weight excluding hydrogens is 230 g/mol. The summed E-state index contributed by atoms with van der Waals surface area (Å²) >= 11 is 0. The fourth-order valence-corrected chi connectivity index (χ4v) is 2.39. The Balaban J connectivity index is 2.35. The molecule has 0 saturated carbocycles. The van der Waals surface area contributed by atoms with Crippen LogP contribution in [0.3, 0.4) is 0 Å². The van der Waals surface area contributed by atoms with Crippen LogP contribution in [0.25, 0.3) is 0 Å². The van der Waals surface area contributed by atoms with Crippen molar-refractivity contribution in [2.24, 2.45) is 11.7 Å². The molecule has 1 aliphatic rings. The van der Waals surface area contributed by atoms with E-state index in [0.717, 1.165) is 32.6 Å². The number of amides is 1. The van der Waals surface area contributed by atoms with Crippen molar-refractivity contribution in [2.75, 3.05) is 39.9 Å². The molecular formula is C13H27N3O2. The second-order valence-corrected chi connectivity index (χ2v) is 5.04. The second kappa shape index (κ2) is 8.45. The molecule has 0 bridgehead atoms. The molecule has 1 saturated heterocycles. The molecule has 0 radical (unpaired) electrons. The molecule has 3 N–H and O–H groups in total. The smallest absolute Gasteiger partial charge is 0.221 e. The number of ether oxygens (including phenoxy) is 1. The summed E-state index contributed by atoms with van der Waals surface area (Å²) in [6.45, 7) is 5.87. The van der Waals surface area contributed by atoms with Crippen LogP contribution >= 0.6 is 0 Å². The number of hydrogen-bond acceptors (Lipinski definition) is 4. The number of nitrogens with zero attached hydrogens (tertiary/aromatic N) is 1. The number of nitrogens with two attached hydrogens (primary N) is 1. The summed E-state index contributed by atoms with van der Waals surface area (Å²) in [5.41, 5.74) is 5.78. The molecule has 0 aromatic rings. The van der Waals surface area contributed by atoms with Crippen molar-refractivity contribution >= 4 is 5.91 Å². The lowest BCUT2D eigenvalue weighted by molar-refractivity contribution is -0.122. The largest absolute Gasteiger partial charge is 0.381 e. The highest BCUT2D eigenvalue weighted by Gasteiger charge is 2.21. The van der Waals surface area contributed by atoms with E-state index in [9.17, 15) is 4.79 Å². The maximum absolute atomic E-state index is 11.6. The number of hydrogen-bond donors (Lipinski definition) is 2. The number of rotatable bonds is 7. The Bertz CT molecular complexity index is 242. The molecule has 0 aromatic heterocycles. The summed E-state index contributed by atoms with van der Waals surface area (Å²) in [6.07, 6.45) is 2.72. The van der Waals surface area contributed by atoms with Crippen LogP contribution in [-0.4, -0.2) is 56.7 Å². The van der Waals surface area contributed by atoms with E-state index in [1.54, 1.807) is 0 Å². The van der Waals surface area contributed by atoms with E-state index in [-0.39, 0.29) is 11.9 Å². The van der Waals surface area contributed by atoms with Gasteiger partial charge in [-0.15, -0.1) is 0 Å². The first-order valence-corrected chi connectivity index (χ1v) is 6.92. The first-order chi connectivity index (χ1) is 8.67. The third-order valence-electron chi connectivity index (χ3n) is 3.58. The van der Waals surface area contributed by atoms with Crippen molar-refractivity contribution in [2.45, 2.75) is 32.2 Å². The van der Waals surface area contributed by atoms with Crippen molar-refractivity contribution in [1.82, 2.24) is 10.2 Å². The molecule has 5 heteroatoms. The van der Waals surface area contributed by atoms with Gasteiger partial charge in [0.15, 0.2) is 0 Å². The number of carbonyl (C=O) groups excluding carboxylic acids is 1. The third-order valence-corrected chi connectivity index (χ3v) is 3.58. The summed E-state index contributed by atoms with van der Waals surface area (Å²) in [4.78, 5) is 13.8. The predicted octanol–water partition coefficient (Wildman–Crippen LogP) is 0.198. The highest BCUT2D eigenvalue weighted by atomic mass is 16.5. The van der Waals surface area contributed by atoms with Crippen LogP contribution in [0.1, 0.15) is 26.2 Å². The van der Waals surface area contributed by atoms with Crippen LogP contribution in [-0.2, 0) is 9.53 Å². The molecule has 0 spiro atoms. The van der Waals surface area contributed by atoms with E-state index in [1.807, 2.05) is 6.92 Å². The van der Waals surface area contributed by atoms with E-state index in [4.69, 9.17) is 10.5 Å². The number of nitrogens with one attached hydrogen (secondary N) is 1. The highest BCUT2D eigenvalue weighted by molar-refractivity contribution is 5.76. The summed E-state index contributed by atoms with van der Waals surface area (Å²) in [5, 5.41) is 2.83. The molecule has 1 heterocycles. The zero-order valence-electron chi connectivity index (χ0n) is 11.7. The Morgan fingerprint density at radius 2 is 2.17 bits per heavy atom. The van der Waals surface area contributed by atoms with Crippen molar-refractivity contribution in [3.05, 3.63) is 0 Å². The first kappa shape index (κ1) is 15.4. The van der Waals surface area contributed by atoms with E-state index < -0.39 is 0 Å². The number of likely N-dealkylation sites (N-methyl/N-ethyl adjacent to an activating group) is 1. The Kier molecular flexibility index (Phi) is 7.23. The normalized spacial score (nSPS) is 18.9. The van der Waals surface area contributed by atoms with Gasteiger partial charge in [0.25, 0.3) is 0 Å². The van der Waals surface area contributed by atoms with Crippen LogP contribution in [0, 0.1) is 5.92 Å². The molecule has 0 aliphatic carbocycles. The summed E-state index contributed by atoms with van der Waals surface area (Å²) in [6, 6.07) is 0.138. The van der Waals surface area contributed by atoms with Crippen LogP contribution in [0.5, 0.6) is 0 Å². The minimum Gasteiger partial charge on any atom is -0.381 e. The van der Waals surface area contributed by atoms with Crippen molar-refractivity contribution in [3.8, 4) is 0 Å². The minimum absolute atomic E-state index is 0.0896. The van der Waals surface area contributed by atoms with Crippen LogP contribution in [0.15, 0.2) is 0 Å². The van der Waals surface area contributed by atoms with Crippen LogP contribution in [0.2, 0.25) is 0 Å². The standard InChI is InChI=1S/C13H27N3O2/c1-3-15-13(17)8-12(9-14)16(2)10-11-4-6-18-7-5-11/h11-12H,3-10,14H2,1-2H3,(H,15,17). The Morgan fingerprint density at radius 3 is 2.72 bits per heavy atom. The van der Waals surface area contributed by atoms with E-state index in [0.29, 0.717) is 25.4 Å². The maximum atomic E-state index is 11.6. The van der Waals surface area contributed by atoms with Gasteiger partial charge in [-0.1, -0.05) is 0 Å². The molecule has 1 rings (SSSR count). The van der Waals surface area contributed by atoms with Gasteiger partial charge < -0.3 is 20.7 Å². The third kappa shape index (κ3) is 5.33. The summed E-state index contributed by atoms with van der Waals surface area (Å²) in [7, 11) is 2.06. The predicted molar refractivity (Wildman–Crippen MR) is 72.3 cm³/mol. The van der Waals surface area contributed by atoms with E-state index in [1.165, 1.54) is 0 Å². The minimum atomic E-state index is 0.0896. The van der Waals surface area contributed by atoms with Crippen LogP contribution < -0.4 is 11.1 Å². The molecule has 1 fully saturated rings. The van der Waals surface area contributed by atoms with Gasteiger partial charge in [0.2, 0.25) is 5.91 Å². The molecule has 1 aliphatic heterocycles. The van der Waals surface area contributed by atoms with Gasteiger partial charge in [-0.05, 0) is 32.7 Å². The molecule has 0 aromatic carbocycles. The van der Waals surface area contributed by atoms with Gasteiger partial charge in [0, 0.05) is 45.3 Å². The van der Waals surface area contributed by atoms with Gasteiger partial charge in [0.1, 0.15) is 0 Å². The van der Waals surface area contributed by atoms with Crippen molar-refractivity contribution in [3.63, 3.8) is 0 Å². The summed E-state index contributed by atoms with van der Waals surface area (Å²) < 4.78 is 5.36. The van der Waals surface area contributed by atoms with Crippen molar-refractivity contribution < 1.29 is 9.53 Å². The average Bonchev–Trinajstić information content (AvgIpc) is 2.37. The van der Waals surface area contributed by atoms with Gasteiger partial charge in [-0.2, -0.15) is 0 Å². The fourth-order valence-electron chi connectivity index (χ4n) is 2.39. The second-order valence-electron chi connectivity index (χ2n) is 5.04. The van der Waals surface area contributed by atoms with Gasteiger partial charge in [0.05, 0.1) is 0 Å². The maximum Gasteiger partial charge on any atom is 0.221 e. The SMILES string of the molecule is CCNC(=O)CC(CN)N(C)CC1CCOCC1. The molecule has 1 unspecified atom stereocenters. The topological polar surface area (TPSA) is 67.6 Å². The number of carbonyl (C=O) groups is 1. The zero-order chi connectivity index (χ0) is 13.4. The van der Waals surface area contributed by atoms with E-state index >= 15 is 0 Å². The van der Waals surface area contributed by atoms with Gasteiger partial charge in [-0.25, -0.2) is 0 Å². The van der Waals surface area contributed by atoms with Crippen molar-refractivity contribution in [1.29, 1.82) is 0 Å². The first-order valence-electron chi connectivity index (χ1n) is 6.92. The molecule has 106 valence electrons.